The molecule has 15 heavy (non-hydrogen) atoms. The molecule has 1 aromatic carbocycles. The topological polar surface area (TPSA) is 91.7 Å². The molecule has 0 bridgehead atoms. The smallest absolute Gasteiger partial charge is 0.337 e. The van der Waals surface area contributed by atoms with Crippen LogP contribution in [0.25, 0.3) is 0 Å². The Labute approximate surface area is 99.3 Å². The molecule has 0 aliphatic rings. The number of benzene rings is 1. The minimum atomic E-state index is -1.75. The normalized spacial score (nSPS) is 9.93. The molecule has 0 aliphatic heterocycles. The number of aromatic carboxylic acids is 2. The van der Waals surface area contributed by atoms with Crippen molar-refractivity contribution < 1.29 is 22.9 Å². The minimum absolute atomic E-state index is 0.0168. The Morgan fingerprint density at radius 3 is 2.07 bits per heavy atom. The van der Waals surface area contributed by atoms with Gasteiger partial charge < -0.3 is 10.2 Å². The van der Waals surface area contributed by atoms with Gasteiger partial charge >= 0.3 is 11.9 Å². The van der Waals surface area contributed by atoms with Crippen molar-refractivity contribution in [1.82, 2.24) is 0 Å². The van der Waals surface area contributed by atoms with Gasteiger partial charge in [0, 0.05) is 0 Å². The van der Waals surface area contributed by atoms with Crippen molar-refractivity contribution in [3.05, 3.63) is 31.9 Å². The van der Waals surface area contributed by atoms with E-state index in [1.807, 2.05) is 0 Å². The lowest BCUT2D eigenvalue weighted by Crippen LogP contribution is -2.04. The molecule has 0 atom stereocenters. The molecule has 7 heteroatoms. The third kappa shape index (κ3) is 2.51. The minimum Gasteiger partial charge on any atom is -0.478 e. The summed E-state index contributed by atoms with van der Waals surface area (Å²) in [4.78, 5) is 21.3. The van der Waals surface area contributed by atoms with Gasteiger partial charge in [0.15, 0.2) is 21.2 Å². The van der Waals surface area contributed by atoms with Gasteiger partial charge in [0.2, 0.25) is 0 Å². The van der Waals surface area contributed by atoms with E-state index in [4.69, 9.17) is 21.8 Å². The average molecular weight is 342 g/mol. The monoisotopic (exact) mass is 342 g/mol. The Kier molecular flexibility index (Phi) is 3.75. The van der Waals surface area contributed by atoms with E-state index < -0.39 is 33.1 Å². The standard InChI is InChI=1S/C8H4ClIO5/c9-5-1-4(8(13)14)6(10-15)2-3(5)7(11)12/h1-2H,(H,11,12)(H,13,14). The van der Waals surface area contributed by atoms with Crippen molar-refractivity contribution in [3.63, 3.8) is 0 Å². The largest absolute Gasteiger partial charge is 0.478 e. The molecule has 2 N–H and O–H groups in total. The van der Waals surface area contributed by atoms with E-state index in [1.54, 1.807) is 0 Å². The molecule has 0 radical (unpaired) electrons. The fourth-order valence-electron chi connectivity index (χ4n) is 0.938. The first kappa shape index (κ1) is 12.1. The van der Waals surface area contributed by atoms with Crippen molar-refractivity contribution in [2.45, 2.75) is 0 Å². The molecule has 0 unspecified atom stereocenters. The second-order valence-electron chi connectivity index (χ2n) is 2.50. The number of carboxylic acid groups (broad SMARTS) is 2. The van der Waals surface area contributed by atoms with Gasteiger partial charge in [0.25, 0.3) is 0 Å². The maximum atomic E-state index is 10.8. The van der Waals surface area contributed by atoms with Crippen LogP contribution in [0.1, 0.15) is 20.7 Å². The lowest BCUT2D eigenvalue weighted by Gasteiger charge is -2.02. The first-order valence-corrected chi connectivity index (χ1v) is 5.88. The number of hydrogen-bond acceptors (Lipinski definition) is 3. The van der Waals surface area contributed by atoms with Gasteiger partial charge in [0.05, 0.1) is 19.7 Å². The van der Waals surface area contributed by atoms with Crippen LogP contribution in [0.4, 0.5) is 0 Å². The molecule has 0 amide bonds. The first-order chi connectivity index (χ1) is 6.97. The molecule has 1 aromatic rings. The summed E-state index contributed by atoms with van der Waals surface area (Å²) < 4.78 is 10.8. The van der Waals surface area contributed by atoms with E-state index in [9.17, 15) is 12.7 Å². The molecule has 0 aromatic heterocycles. The van der Waals surface area contributed by atoms with Crippen molar-refractivity contribution >= 4 is 44.7 Å². The number of halogens is 2. The van der Waals surface area contributed by atoms with Crippen molar-refractivity contribution in [3.8, 4) is 0 Å². The summed E-state index contributed by atoms with van der Waals surface area (Å²) in [5.74, 6) is -2.56. The molecular formula is C8H4ClIO5. The highest BCUT2D eigenvalue weighted by molar-refractivity contribution is 14.1. The molecule has 0 aliphatic carbocycles. The van der Waals surface area contributed by atoms with E-state index in [0.29, 0.717) is 0 Å². The Bertz CT molecular complexity index is 457. The van der Waals surface area contributed by atoms with Crippen molar-refractivity contribution in [2.24, 2.45) is 0 Å². The number of hydrogen-bond donors (Lipinski definition) is 2. The molecule has 0 saturated heterocycles. The van der Waals surface area contributed by atoms with Crippen LogP contribution in [-0.2, 0) is 3.07 Å². The van der Waals surface area contributed by atoms with E-state index in [-0.39, 0.29) is 19.7 Å². The Hall–Kier alpha value is -1.02. The SMILES string of the molecule is O=Ic1cc(C(=O)O)c(Cl)cc1C(=O)O. The van der Waals surface area contributed by atoms with Crippen LogP contribution in [0.5, 0.6) is 0 Å². The second-order valence-corrected chi connectivity index (χ2v) is 4.51. The van der Waals surface area contributed by atoms with Crippen LogP contribution < -0.4 is 0 Å². The van der Waals surface area contributed by atoms with Gasteiger partial charge in [-0.05, 0) is 12.1 Å². The number of carboxylic acids is 2. The Morgan fingerprint density at radius 1 is 1.13 bits per heavy atom. The molecule has 5 nitrogen and oxygen atoms in total. The Morgan fingerprint density at radius 2 is 1.67 bits per heavy atom. The van der Waals surface area contributed by atoms with E-state index in [1.165, 1.54) is 0 Å². The molecule has 0 fully saturated rings. The van der Waals surface area contributed by atoms with Crippen LogP contribution in [0.15, 0.2) is 12.1 Å². The summed E-state index contributed by atoms with van der Waals surface area (Å²) in [6.07, 6.45) is 0. The molecule has 0 spiro atoms. The lowest BCUT2D eigenvalue weighted by atomic mass is 10.1. The maximum absolute atomic E-state index is 10.8. The molecule has 80 valence electrons. The van der Waals surface area contributed by atoms with Gasteiger partial charge in [-0.25, -0.2) is 9.59 Å². The summed E-state index contributed by atoms with van der Waals surface area (Å²) in [6.45, 7) is 0. The lowest BCUT2D eigenvalue weighted by molar-refractivity contribution is 0.0680. The third-order valence-corrected chi connectivity index (χ3v) is 3.28. The third-order valence-electron chi connectivity index (χ3n) is 1.60. The molecule has 1 rings (SSSR count). The summed E-state index contributed by atoms with van der Waals surface area (Å²) in [7, 11) is 0. The fraction of sp³-hybridized carbons (Fsp3) is 0. The van der Waals surface area contributed by atoms with Gasteiger partial charge in [-0.2, -0.15) is 0 Å². The predicted octanol–water partition coefficient (Wildman–Crippen LogP) is 2.22. The van der Waals surface area contributed by atoms with Crippen LogP contribution in [0.3, 0.4) is 0 Å². The zero-order valence-corrected chi connectivity index (χ0v) is 9.94. The summed E-state index contributed by atoms with van der Waals surface area (Å²) in [5, 5.41) is 17.2. The van der Waals surface area contributed by atoms with E-state index in [2.05, 4.69) is 0 Å². The molecule has 0 saturated carbocycles. The van der Waals surface area contributed by atoms with Gasteiger partial charge in [-0.15, -0.1) is 0 Å². The average Bonchev–Trinajstić information content (AvgIpc) is 2.16. The van der Waals surface area contributed by atoms with Gasteiger partial charge in [0.1, 0.15) is 0 Å². The summed E-state index contributed by atoms with van der Waals surface area (Å²) in [5.41, 5.74) is -0.458. The van der Waals surface area contributed by atoms with E-state index in [0.717, 1.165) is 12.1 Å². The second kappa shape index (κ2) is 4.67. The molecule has 0 heterocycles. The molecular weight excluding hydrogens is 338 g/mol. The van der Waals surface area contributed by atoms with Crippen LogP contribution in [-0.4, -0.2) is 22.2 Å². The zero-order valence-electron chi connectivity index (χ0n) is 7.03. The number of carbonyl (C=O) groups is 2. The highest BCUT2D eigenvalue weighted by Gasteiger charge is 2.17. The predicted molar refractivity (Wildman–Crippen MR) is 58.8 cm³/mol. The van der Waals surface area contributed by atoms with Gasteiger partial charge in [-0.3, -0.25) is 3.07 Å². The summed E-state index contributed by atoms with van der Waals surface area (Å²) in [6, 6.07) is 2.04. The fourth-order valence-corrected chi connectivity index (χ4v) is 2.25. The van der Waals surface area contributed by atoms with E-state index >= 15 is 0 Å². The highest BCUT2D eigenvalue weighted by Crippen LogP contribution is 2.25. The summed E-state index contributed by atoms with van der Waals surface area (Å²) >= 11 is 3.81. The van der Waals surface area contributed by atoms with Gasteiger partial charge in [-0.1, -0.05) is 11.6 Å². The first-order valence-electron chi connectivity index (χ1n) is 3.54. The van der Waals surface area contributed by atoms with Crippen molar-refractivity contribution in [1.29, 1.82) is 0 Å². The quantitative estimate of drug-likeness (QED) is 0.822. The van der Waals surface area contributed by atoms with Crippen molar-refractivity contribution in [2.75, 3.05) is 0 Å². The van der Waals surface area contributed by atoms with Crippen LogP contribution in [0, 0.1) is 3.57 Å². The van der Waals surface area contributed by atoms with Crippen LogP contribution in [0.2, 0.25) is 5.02 Å². The van der Waals surface area contributed by atoms with Crippen LogP contribution >= 0.6 is 32.8 Å². The zero-order chi connectivity index (χ0) is 11.6. The number of rotatable bonds is 3. The highest BCUT2D eigenvalue weighted by atomic mass is 127. The maximum Gasteiger partial charge on any atom is 0.337 e. The Balaban J connectivity index is 3.48.